The van der Waals surface area contributed by atoms with Gasteiger partial charge in [0.15, 0.2) is 11.5 Å². The molecule has 0 spiro atoms. The van der Waals surface area contributed by atoms with E-state index in [1.54, 1.807) is 0 Å². The summed E-state index contributed by atoms with van der Waals surface area (Å²) < 4.78 is 7.93. The van der Waals surface area contributed by atoms with Crippen molar-refractivity contribution in [3.05, 3.63) is 64.4 Å². The van der Waals surface area contributed by atoms with E-state index >= 15 is 0 Å². The van der Waals surface area contributed by atoms with E-state index in [1.807, 2.05) is 54.0 Å². The quantitative estimate of drug-likeness (QED) is 0.275. The number of halogens is 1. The van der Waals surface area contributed by atoms with Crippen LogP contribution < -0.4 is 10.1 Å². The van der Waals surface area contributed by atoms with Crippen LogP contribution in [0.1, 0.15) is 36.7 Å². The molecule has 4 aromatic rings. The van der Waals surface area contributed by atoms with Crippen molar-refractivity contribution >= 4 is 28.6 Å². The molecule has 38 heavy (non-hydrogen) atoms. The van der Waals surface area contributed by atoms with Gasteiger partial charge in [0.05, 0.1) is 12.2 Å². The Labute approximate surface area is 225 Å². The second-order valence-electron chi connectivity index (χ2n) is 9.75. The highest BCUT2D eigenvalue weighted by atomic mass is 35.5. The lowest BCUT2D eigenvalue weighted by Gasteiger charge is -2.18. The first-order chi connectivity index (χ1) is 18.4. The number of benzene rings is 2. The molecule has 0 aliphatic heterocycles. The molecule has 10 heteroatoms. The van der Waals surface area contributed by atoms with Crippen molar-refractivity contribution in [2.24, 2.45) is 5.92 Å². The molecule has 0 amide bonds. The zero-order valence-corrected chi connectivity index (χ0v) is 22.0. The predicted octanol–water partition coefficient (Wildman–Crippen LogP) is 4.32. The van der Waals surface area contributed by atoms with Gasteiger partial charge in [-0.3, -0.25) is 0 Å². The van der Waals surface area contributed by atoms with Gasteiger partial charge in [-0.1, -0.05) is 35.4 Å². The number of rotatable bonds is 10. The number of aliphatic hydroxyl groups is 2. The van der Waals surface area contributed by atoms with E-state index in [0.29, 0.717) is 51.6 Å². The van der Waals surface area contributed by atoms with Crippen LogP contribution in [-0.4, -0.2) is 55.1 Å². The van der Waals surface area contributed by atoms with Gasteiger partial charge < -0.3 is 24.8 Å². The van der Waals surface area contributed by atoms with E-state index in [2.05, 4.69) is 28.3 Å². The number of anilines is 1. The van der Waals surface area contributed by atoms with Gasteiger partial charge in [-0.25, -0.2) is 4.98 Å². The predicted molar refractivity (Wildman–Crippen MR) is 145 cm³/mol. The highest BCUT2D eigenvalue weighted by molar-refractivity contribution is 6.30. The van der Waals surface area contributed by atoms with Crippen molar-refractivity contribution in [3.8, 4) is 23.2 Å². The molecule has 9 nitrogen and oxygen atoms in total. The summed E-state index contributed by atoms with van der Waals surface area (Å²) in [4.78, 5) is 13.9. The summed E-state index contributed by atoms with van der Waals surface area (Å²) in [6.45, 7) is 4.06. The Morgan fingerprint density at radius 3 is 2.63 bits per heavy atom. The number of aliphatic hydroxyl groups excluding tert-OH is 2. The molecular formula is C28H29ClN6O3. The first-order valence-corrected chi connectivity index (χ1v) is 13.0. The number of aryl methyl sites for hydroxylation is 1. The number of imidazole rings is 1. The number of hydrogen-bond acceptors (Lipinski definition) is 8. The average Bonchev–Trinajstić information content (AvgIpc) is 3.71. The Morgan fingerprint density at radius 1 is 1.18 bits per heavy atom. The molecule has 2 aromatic heterocycles. The molecule has 0 bridgehead atoms. The SMILES string of the molecule is Cc1ccc(OCC(O)CO)c(-c2nc3nc(C#N)nc(N[C@H](C)C4CC4)c3n2Cc2ccc(Cl)cc2)c1. The van der Waals surface area contributed by atoms with Crippen LogP contribution in [0.4, 0.5) is 5.82 Å². The van der Waals surface area contributed by atoms with E-state index in [0.717, 1.165) is 24.0 Å². The molecule has 1 saturated carbocycles. The first kappa shape index (κ1) is 25.9. The lowest BCUT2D eigenvalue weighted by Crippen LogP contribution is -2.21. The molecule has 1 aliphatic rings. The lowest BCUT2D eigenvalue weighted by atomic mass is 10.1. The molecule has 196 valence electrons. The summed E-state index contributed by atoms with van der Waals surface area (Å²) in [5, 5.41) is 32.9. The van der Waals surface area contributed by atoms with Gasteiger partial charge in [-0.05, 0) is 62.4 Å². The minimum Gasteiger partial charge on any atom is -0.490 e. The fourth-order valence-corrected chi connectivity index (χ4v) is 4.56. The normalized spacial score (nSPS) is 14.7. The first-order valence-electron chi connectivity index (χ1n) is 12.6. The summed E-state index contributed by atoms with van der Waals surface area (Å²) in [5.41, 5.74) is 3.76. The highest BCUT2D eigenvalue weighted by Gasteiger charge is 2.30. The van der Waals surface area contributed by atoms with Crippen molar-refractivity contribution < 1.29 is 14.9 Å². The third-order valence-corrected chi connectivity index (χ3v) is 6.92. The van der Waals surface area contributed by atoms with Crippen molar-refractivity contribution in [1.29, 1.82) is 5.26 Å². The summed E-state index contributed by atoms with van der Waals surface area (Å²) in [6.07, 6.45) is 1.31. The Balaban J connectivity index is 1.70. The van der Waals surface area contributed by atoms with Crippen LogP contribution in [0.3, 0.4) is 0 Å². The maximum atomic E-state index is 9.89. The van der Waals surface area contributed by atoms with Gasteiger partial charge in [0.1, 0.15) is 35.9 Å². The van der Waals surface area contributed by atoms with Crippen molar-refractivity contribution in [2.75, 3.05) is 18.5 Å². The van der Waals surface area contributed by atoms with E-state index in [1.165, 1.54) is 0 Å². The van der Waals surface area contributed by atoms with Crippen LogP contribution in [-0.2, 0) is 6.54 Å². The molecular weight excluding hydrogens is 504 g/mol. The third kappa shape index (κ3) is 5.58. The fraction of sp³-hybridized carbons (Fsp3) is 0.357. The number of hydrogen-bond donors (Lipinski definition) is 3. The van der Waals surface area contributed by atoms with Gasteiger partial charge in [-0.15, -0.1) is 0 Å². The van der Waals surface area contributed by atoms with E-state index < -0.39 is 12.7 Å². The van der Waals surface area contributed by atoms with E-state index in [-0.39, 0.29) is 18.5 Å². The average molecular weight is 533 g/mol. The fourth-order valence-electron chi connectivity index (χ4n) is 4.43. The maximum Gasteiger partial charge on any atom is 0.236 e. The zero-order chi connectivity index (χ0) is 26.8. The molecule has 0 radical (unpaired) electrons. The Morgan fingerprint density at radius 2 is 1.95 bits per heavy atom. The van der Waals surface area contributed by atoms with Gasteiger partial charge in [0.25, 0.3) is 0 Å². The van der Waals surface area contributed by atoms with Crippen molar-refractivity contribution in [2.45, 2.75) is 45.4 Å². The molecule has 1 aliphatic carbocycles. The number of aromatic nitrogens is 4. The lowest BCUT2D eigenvalue weighted by molar-refractivity contribution is 0.0538. The van der Waals surface area contributed by atoms with Gasteiger partial charge >= 0.3 is 0 Å². The Hall–Kier alpha value is -3.71. The maximum absolute atomic E-state index is 9.89. The standard InChI is InChI=1S/C28H29ClN6O3/c1-16-3-10-23(38-15-21(37)14-36)22(11-16)28-34-27-25(35(28)13-18-4-8-20(29)9-5-18)26(32-24(12-30)33-27)31-17(2)19-6-7-19/h3-5,8-11,17,19,21,36-37H,6-7,13-15H2,1-2H3,(H,31,32,33)/t17-,21?/m1/s1. The minimum atomic E-state index is -1.01. The Kier molecular flexibility index (Phi) is 7.47. The number of nitriles is 1. The van der Waals surface area contributed by atoms with Crippen LogP contribution in [0.15, 0.2) is 42.5 Å². The zero-order valence-electron chi connectivity index (χ0n) is 21.2. The molecule has 0 saturated heterocycles. The monoisotopic (exact) mass is 532 g/mol. The number of nitrogens with one attached hydrogen (secondary N) is 1. The molecule has 2 heterocycles. The molecule has 1 unspecified atom stereocenters. The van der Waals surface area contributed by atoms with Gasteiger partial charge in [0.2, 0.25) is 5.82 Å². The van der Waals surface area contributed by atoms with E-state index in [4.69, 9.17) is 21.3 Å². The number of fused-ring (bicyclic) bond motifs is 1. The largest absolute Gasteiger partial charge is 0.490 e. The summed E-state index contributed by atoms with van der Waals surface area (Å²) in [7, 11) is 0. The smallest absolute Gasteiger partial charge is 0.236 e. The van der Waals surface area contributed by atoms with Crippen molar-refractivity contribution in [1.82, 2.24) is 19.5 Å². The second kappa shape index (κ2) is 11.0. The number of nitrogens with zero attached hydrogens (tertiary/aromatic N) is 5. The molecule has 5 rings (SSSR count). The highest BCUT2D eigenvalue weighted by Crippen LogP contribution is 2.37. The van der Waals surface area contributed by atoms with Gasteiger partial charge in [0, 0.05) is 17.6 Å². The minimum absolute atomic E-state index is 0.0393. The molecule has 3 N–H and O–H groups in total. The van der Waals surface area contributed by atoms with Crippen LogP contribution in [0.2, 0.25) is 5.02 Å². The Bertz CT molecular complexity index is 1490. The van der Waals surface area contributed by atoms with Crippen molar-refractivity contribution in [3.63, 3.8) is 0 Å². The molecule has 2 atom stereocenters. The third-order valence-electron chi connectivity index (χ3n) is 6.67. The molecule has 2 aromatic carbocycles. The number of ether oxygens (including phenoxy) is 1. The summed E-state index contributed by atoms with van der Waals surface area (Å²) in [5.74, 6) is 2.25. The van der Waals surface area contributed by atoms with E-state index in [9.17, 15) is 15.5 Å². The van der Waals surface area contributed by atoms with Crippen LogP contribution in [0, 0.1) is 24.2 Å². The van der Waals surface area contributed by atoms with Gasteiger partial charge in [-0.2, -0.15) is 15.2 Å². The topological polar surface area (TPSA) is 129 Å². The molecule has 1 fully saturated rings. The summed E-state index contributed by atoms with van der Waals surface area (Å²) >= 11 is 6.14. The van der Waals surface area contributed by atoms with Crippen LogP contribution in [0.5, 0.6) is 5.75 Å². The van der Waals surface area contributed by atoms with Crippen LogP contribution >= 0.6 is 11.6 Å². The summed E-state index contributed by atoms with van der Waals surface area (Å²) in [6, 6.07) is 15.5. The second-order valence-corrected chi connectivity index (χ2v) is 10.2. The van der Waals surface area contributed by atoms with Crippen LogP contribution in [0.25, 0.3) is 22.6 Å².